The molecule has 1 saturated carbocycles. The highest BCUT2D eigenvalue weighted by Crippen LogP contribution is 2.59. The quantitative estimate of drug-likeness (QED) is 0.800. The van der Waals surface area contributed by atoms with Crippen molar-refractivity contribution in [3.63, 3.8) is 0 Å². The molecule has 130 valence electrons. The van der Waals surface area contributed by atoms with Gasteiger partial charge in [0.2, 0.25) is 5.91 Å². The van der Waals surface area contributed by atoms with Gasteiger partial charge in [-0.15, -0.1) is 0 Å². The fourth-order valence-corrected chi connectivity index (χ4v) is 5.39. The normalized spacial score (nSPS) is 30.6. The van der Waals surface area contributed by atoms with Crippen molar-refractivity contribution < 1.29 is 4.79 Å². The van der Waals surface area contributed by atoms with Crippen molar-refractivity contribution in [1.82, 2.24) is 0 Å². The van der Waals surface area contributed by atoms with Crippen LogP contribution >= 0.6 is 0 Å². The van der Waals surface area contributed by atoms with Crippen LogP contribution in [0, 0.1) is 24.7 Å². The number of hydrogen-bond acceptors (Lipinski definition) is 1. The van der Waals surface area contributed by atoms with Crippen LogP contribution in [0.15, 0.2) is 72.8 Å². The predicted octanol–water partition coefficient (Wildman–Crippen LogP) is 5.19. The van der Waals surface area contributed by atoms with Crippen LogP contribution in [-0.2, 0) is 4.79 Å². The lowest BCUT2D eigenvalue weighted by Crippen LogP contribution is -2.46. The number of amides is 1. The molecule has 2 nitrogen and oxygen atoms in total. The molecule has 2 bridgehead atoms. The topological polar surface area (TPSA) is 29.1 Å². The average molecular weight is 341 g/mol. The molecule has 2 aromatic rings. The van der Waals surface area contributed by atoms with E-state index >= 15 is 0 Å². The van der Waals surface area contributed by atoms with Crippen molar-refractivity contribution >= 4 is 11.6 Å². The Morgan fingerprint density at radius 3 is 2.54 bits per heavy atom. The molecule has 0 saturated heterocycles. The number of rotatable bonds is 2. The van der Waals surface area contributed by atoms with Crippen LogP contribution in [0.1, 0.15) is 34.9 Å². The lowest BCUT2D eigenvalue weighted by Gasteiger charge is -2.52. The van der Waals surface area contributed by atoms with Gasteiger partial charge in [-0.1, -0.05) is 60.7 Å². The van der Waals surface area contributed by atoms with Crippen LogP contribution in [0.3, 0.4) is 0 Å². The van der Waals surface area contributed by atoms with Gasteiger partial charge in [0.1, 0.15) is 0 Å². The Balaban J connectivity index is 1.51. The highest BCUT2D eigenvalue weighted by Gasteiger charge is 2.51. The Morgan fingerprint density at radius 1 is 0.962 bits per heavy atom. The number of carbonyl (C=O) groups excluding carboxylic acids is 1. The van der Waals surface area contributed by atoms with Crippen molar-refractivity contribution in [2.75, 3.05) is 5.32 Å². The first kappa shape index (κ1) is 15.6. The van der Waals surface area contributed by atoms with E-state index < -0.39 is 0 Å². The van der Waals surface area contributed by atoms with Crippen LogP contribution < -0.4 is 5.32 Å². The Hall–Kier alpha value is -2.61. The van der Waals surface area contributed by atoms with Crippen molar-refractivity contribution in [3.05, 3.63) is 89.5 Å². The van der Waals surface area contributed by atoms with E-state index in [2.05, 4.69) is 66.9 Å². The summed E-state index contributed by atoms with van der Waals surface area (Å²) >= 11 is 0. The third kappa shape index (κ3) is 2.36. The molecular weight excluding hydrogens is 318 g/mol. The Morgan fingerprint density at radius 2 is 1.73 bits per heavy atom. The van der Waals surface area contributed by atoms with Crippen molar-refractivity contribution in [1.29, 1.82) is 0 Å². The summed E-state index contributed by atoms with van der Waals surface area (Å²) in [6.07, 6.45) is 9.95. The molecule has 2 aromatic carbocycles. The van der Waals surface area contributed by atoms with E-state index in [1.807, 2.05) is 18.2 Å². The van der Waals surface area contributed by atoms with Crippen LogP contribution in [0.2, 0.25) is 0 Å². The Bertz CT molecular complexity index is 925. The van der Waals surface area contributed by atoms with Gasteiger partial charge in [-0.3, -0.25) is 4.79 Å². The van der Waals surface area contributed by atoms with E-state index in [9.17, 15) is 4.79 Å². The van der Waals surface area contributed by atoms with Crippen LogP contribution in [0.4, 0.5) is 5.69 Å². The van der Waals surface area contributed by atoms with Gasteiger partial charge in [0, 0.05) is 17.5 Å². The fraction of sp³-hybridized carbons (Fsp3) is 0.292. The van der Waals surface area contributed by atoms with E-state index in [4.69, 9.17) is 0 Å². The number of benzene rings is 2. The maximum Gasteiger partial charge on any atom is 0.228 e. The number of hydrogen-bond donors (Lipinski definition) is 1. The standard InChI is InChI=1S/C24H23NO/c1-15-7-6-8-16(13-15)25-24(26)22-14-21-17-9-2-4-11-19(17)23(22)20-12-5-3-10-18(20)21/h2-13,17,19,21-23H,14H2,1H3,(H,25,26)/t17-,19+,21+,22+,23-/m1/s1. The van der Waals surface area contributed by atoms with Gasteiger partial charge < -0.3 is 5.32 Å². The van der Waals surface area contributed by atoms with Gasteiger partial charge in [0.25, 0.3) is 0 Å². The minimum atomic E-state index is 0.0350. The minimum Gasteiger partial charge on any atom is -0.326 e. The second-order valence-corrected chi connectivity index (χ2v) is 7.89. The Kier molecular flexibility index (Phi) is 3.59. The van der Waals surface area contributed by atoms with Gasteiger partial charge in [-0.25, -0.2) is 0 Å². The SMILES string of the molecule is Cc1cccc(NC(=O)[C@H]2C[C@@H]3c4ccccc4[C@H]2[C@H]2C=CC=C[C@H]23)c1. The first-order chi connectivity index (χ1) is 12.7. The monoisotopic (exact) mass is 341 g/mol. The fourth-order valence-electron chi connectivity index (χ4n) is 5.39. The summed E-state index contributed by atoms with van der Waals surface area (Å²) < 4.78 is 0. The molecule has 2 heteroatoms. The van der Waals surface area contributed by atoms with E-state index in [0.717, 1.165) is 12.1 Å². The largest absolute Gasteiger partial charge is 0.326 e. The van der Waals surface area contributed by atoms with E-state index in [-0.39, 0.29) is 17.7 Å². The number of anilines is 1. The molecule has 4 aliphatic rings. The van der Waals surface area contributed by atoms with E-state index in [1.54, 1.807) is 0 Å². The molecule has 26 heavy (non-hydrogen) atoms. The average Bonchev–Trinajstić information content (AvgIpc) is 2.68. The highest BCUT2D eigenvalue weighted by atomic mass is 16.1. The van der Waals surface area contributed by atoms with Gasteiger partial charge in [-0.05, 0) is 59.9 Å². The summed E-state index contributed by atoms with van der Waals surface area (Å²) in [5, 5.41) is 3.18. The van der Waals surface area contributed by atoms with Crippen molar-refractivity contribution in [2.24, 2.45) is 17.8 Å². The third-order valence-corrected chi connectivity index (χ3v) is 6.42. The summed E-state index contributed by atoms with van der Waals surface area (Å²) in [6.45, 7) is 2.05. The molecule has 0 radical (unpaired) electrons. The summed E-state index contributed by atoms with van der Waals surface area (Å²) in [7, 11) is 0. The smallest absolute Gasteiger partial charge is 0.228 e. The zero-order chi connectivity index (χ0) is 17.7. The van der Waals surface area contributed by atoms with Gasteiger partial charge in [0.15, 0.2) is 0 Å². The first-order valence-corrected chi connectivity index (χ1v) is 9.54. The number of nitrogens with one attached hydrogen (secondary N) is 1. The summed E-state index contributed by atoms with van der Waals surface area (Å²) in [5.41, 5.74) is 4.91. The number of allylic oxidation sites excluding steroid dienone is 4. The molecule has 0 unspecified atom stereocenters. The van der Waals surface area contributed by atoms with E-state index in [1.165, 1.54) is 16.7 Å². The van der Waals surface area contributed by atoms with Crippen LogP contribution in [-0.4, -0.2) is 5.91 Å². The second-order valence-electron chi connectivity index (χ2n) is 7.89. The maximum atomic E-state index is 13.2. The molecule has 4 aliphatic carbocycles. The molecule has 5 atom stereocenters. The van der Waals surface area contributed by atoms with E-state index in [0.29, 0.717) is 17.8 Å². The zero-order valence-electron chi connectivity index (χ0n) is 14.9. The number of carbonyl (C=O) groups is 1. The molecule has 1 fully saturated rings. The Labute approximate surface area is 154 Å². The van der Waals surface area contributed by atoms with Crippen LogP contribution in [0.25, 0.3) is 0 Å². The van der Waals surface area contributed by atoms with Gasteiger partial charge in [0.05, 0.1) is 0 Å². The minimum absolute atomic E-state index is 0.0350. The third-order valence-electron chi connectivity index (χ3n) is 6.42. The van der Waals surface area contributed by atoms with Crippen molar-refractivity contribution in [2.45, 2.75) is 25.2 Å². The molecule has 0 heterocycles. The first-order valence-electron chi connectivity index (χ1n) is 9.54. The molecule has 0 aromatic heterocycles. The summed E-state index contributed by atoms with van der Waals surface area (Å²) in [4.78, 5) is 13.2. The molecule has 0 spiro atoms. The molecule has 1 amide bonds. The number of fused-ring (bicyclic) bond motifs is 1. The maximum absolute atomic E-state index is 13.2. The lowest BCUT2D eigenvalue weighted by molar-refractivity contribution is -0.122. The second kappa shape index (κ2) is 5.98. The molecule has 0 aliphatic heterocycles. The highest BCUT2D eigenvalue weighted by molar-refractivity contribution is 5.94. The summed E-state index contributed by atoms with van der Waals surface area (Å²) in [5.74, 6) is 1.88. The predicted molar refractivity (Wildman–Crippen MR) is 105 cm³/mol. The van der Waals surface area contributed by atoms with Gasteiger partial charge >= 0.3 is 0 Å². The summed E-state index contributed by atoms with van der Waals surface area (Å²) in [6, 6.07) is 16.8. The number of aryl methyl sites for hydroxylation is 1. The van der Waals surface area contributed by atoms with Gasteiger partial charge in [-0.2, -0.15) is 0 Å². The van der Waals surface area contributed by atoms with Crippen LogP contribution in [0.5, 0.6) is 0 Å². The van der Waals surface area contributed by atoms with Crippen molar-refractivity contribution in [3.8, 4) is 0 Å². The lowest BCUT2D eigenvalue weighted by atomic mass is 9.51. The molecule has 1 N–H and O–H groups in total. The molecular formula is C24H23NO. The zero-order valence-corrected chi connectivity index (χ0v) is 14.9. The molecule has 6 rings (SSSR count).